The van der Waals surface area contributed by atoms with Crippen LogP contribution in [0, 0.1) is 5.92 Å². The Hall–Kier alpha value is -2.70. The molecule has 0 spiro atoms. The van der Waals surface area contributed by atoms with E-state index in [0.29, 0.717) is 35.1 Å². The van der Waals surface area contributed by atoms with Crippen LogP contribution in [0.15, 0.2) is 42.5 Å². The summed E-state index contributed by atoms with van der Waals surface area (Å²) < 4.78 is 16.2. The van der Waals surface area contributed by atoms with Crippen LogP contribution < -0.4 is 10.6 Å². The van der Waals surface area contributed by atoms with E-state index >= 15 is 0 Å². The molecular weight excluding hydrogens is 355 g/mol. The van der Waals surface area contributed by atoms with E-state index in [9.17, 15) is 4.39 Å². The first-order valence-electron chi connectivity index (χ1n) is 9.90. The first kappa shape index (κ1) is 20.0. The van der Waals surface area contributed by atoms with Gasteiger partial charge >= 0.3 is 0 Å². The quantitative estimate of drug-likeness (QED) is 0.613. The number of aromatic nitrogens is 4. The summed E-state index contributed by atoms with van der Waals surface area (Å²) in [5.41, 5.74) is 1.83. The van der Waals surface area contributed by atoms with E-state index in [1.807, 2.05) is 4.57 Å². The number of allylic oxidation sites excluding steroid dienone is 5. The second kappa shape index (κ2) is 8.99. The number of halogens is 1. The van der Waals surface area contributed by atoms with Crippen molar-refractivity contribution in [3.05, 3.63) is 42.5 Å². The summed E-state index contributed by atoms with van der Waals surface area (Å²) in [6.45, 7) is 10.2. The van der Waals surface area contributed by atoms with E-state index in [2.05, 4.69) is 41.0 Å². The van der Waals surface area contributed by atoms with Gasteiger partial charge in [-0.05, 0) is 31.8 Å². The van der Waals surface area contributed by atoms with E-state index in [-0.39, 0.29) is 5.83 Å². The van der Waals surface area contributed by atoms with Gasteiger partial charge in [-0.25, -0.2) is 14.4 Å². The molecule has 28 heavy (non-hydrogen) atoms. The van der Waals surface area contributed by atoms with Crippen molar-refractivity contribution in [2.75, 3.05) is 10.6 Å². The van der Waals surface area contributed by atoms with Crippen LogP contribution in [0.2, 0.25) is 0 Å². The smallest absolute Gasteiger partial charge is 0.224 e. The third-order valence-electron chi connectivity index (χ3n) is 4.76. The molecule has 3 rings (SSSR count). The van der Waals surface area contributed by atoms with Gasteiger partial charge in [0.1, 0.15) is 11.3 Å². The van der Waals surface area contributed by atoms with Crippen molar-refractivity contribution in [2.24, 2.45) is 5.92 Å². The molecule has 0 atom stereocenters. The summed E-state index contributed by atoms with van der Waals surface area (Å²) in [5, 5.41) is 6.52. The molecule has 7 heteroatoms. The predicted molar refractivity (Wildman–Crippen MR) is 113 cm³/mol. The number of nitrogens with zero attached hydrogens (tertiary/aromatic N) is 4. The third kappa shape index (κ3) is 4.77. The van der Waals surface area contributed by atoms with Gasteiger partial charge in [0.15, 0.2) is 5.65 Å². The van der Waals surface area contributed by atoms with Crippen LogP contribution in [0.3, 0.4) is 0 Å². The van der Waals surface area contributed by atoms with Gasteiger partial charge in [-0.2, -0.15) is 4.98 Å². The third-order valence-corrected chi connectivity index (χ3v) is 4.76. The molecule has 0 amide bonds. The lowest BCUT2D eigenvalue weighted by Crippen LogP contribution is -2.17. The van der Waals surface area contributed by atoms with E-state index < -0.39 is 0 Å². The van der Waals surface area contributed by atoms with Crippen molar-refractivity contribution < 1.29 is 4.39 Å². The Bertz CT molecular complexity index is 890. The summed E-state index contributed by atoms with van der Waals surface area (Å²) in [5.74, 6) is 1.21. The van der Waals surface area contributed by atoms with Crippen molar-refractivity contribution in [3.63, 3.8) is 0 Å². The number of hydrogen-bond donors (Lipinski definition) is 2. The van der Waals surface area contributed by atoms with Gasteiger partial charge in [0.05, 0.1) is 11.9 Å². The van der Waals surface area contributed by atoms with Gasteiger partial charge in [0, 0.05) is 12.6 Å². The highest BCUT2D eigenvalue weighted by atomic mass is 19.1. The summed E-state index contributed by atoms with van der Waals surface area (Å²) >= 11 is 0. The fraction of sp³-hybridized carbons (Fsp3) is 0.476. The lowest BCUT2D eigenvalue weighted by molar-refractivity contribution is 0.534. The van der Waals surface area contributed by atoms with Crippen molar-refractivity contribution in [3.8, 4) is 0 Å². The maximum Gasteiger partial charge on any atom is 0.224 e. The highest BCUT2D eigenvalue weighted by Crippen LogP contribution is 2.24. The second-order valence-electron chi connectivity index (χ2n) is 7.66. The Morgan fingerprint density at radius 1 is 1.36 bits per heavy atom. The van der Waals surface area contributed by atoms with Crippen LogP contribution in [0.5, 0.6) is 0 Å². The highest BCUT2D eigenvalue weighted by Gasteiger charge is 2.18. The van der Waals surface area contributed by atoms with E-state index in [4.69, 9.17) is 4.98 Å². The number of hydrogen-bond acceptors (Lipinski definition) is 5. The number of anilines is 2. The van der Waals surface area contributed by atoms with Gasteiger partial charge in [0.25, 0.3) is 0 Å². The second-order valence-corrected chi connectivity index (χ2v) is 7.66. The van der Waals surface area contributed by atoms with Gasteiger partial charge in [-0.1, -0.05) is 45.4 Å². The van der Waals surface area contributed by atoms with Crippen LogP contribution in [0.25, 0.3) is 11.2 Å². The monoisotopic (exact) mass is 384 g/mol. The van der Waals surface area contributed by atoms with E-state index in [1.165, 1.54) is 25.0 Å². The van der Waals surface area contributed by atoms with Gasteiger partial charge in [0.2, 0.25) is 11.9 Å². The molecule has 0 unspecified atom stereocenters. The minimum Gasteiger partial charge on any atom is -0.351 e. The van der Waals surface area contributed by atoms with Gasteiger partial charge in [-0.15, -0.1) is 0 Å². The Morgan fingerprint density at radius 3 is 2.79 bits per heavy atom. The van der Waals surface area contributed by atoms with Gasteiger partial charge < -0.3 is 10.6 Å². The Balaban J connectivity index is 1.94. The molecule has 2 heterocycles. The normalized spacial score (nSPS) is 16.2. The molecule has 1 fully saturated rings. The minimum atomic E-state index is -0.363. The zero-order valence-electron chi connectivity index (χ0n) is 16.9. The fourth-order valence-corrected chi connectivity index (χ4v) is 3.38. The van der Waals surface area contributed by atoms with Crippen molar-refractivity contribution in [1.29, 1.82) is 0 Å². The van der Waals surface area contributed by atoms with Crippen LogP contribution >= 0.6 is 0 Å². The van der Waals surface area contributed by atoms with Crippen LogP contribution in [-0.4, -0.2) is 25.6 Å². The van der Waals surface area contributed by atoms with Crippen LogP contribution in [0.4, 0.5) is 16.3 Å². The van der Waals surface area contributed by atoms with Gasteiger partial charge in [-0.3, -0.25) is 4.57 Å². The molecule has 2 N–H and O–H groups in total. The predicted octanol–water partition coefficient (Wildman–Crippen LogP) is 5.19. The average Bonchev–Trinajstić information content (AvgIpc) is 3.28. The first-order valence-corrected chi connectivity index (χ1v) is 9.90. The number of fused-ring (bicyclic) bond motifs is 1. The molecule has 1 saturated carbocycles. The number of nitrogens with one attached hydrogen (secondary N) is 2. The van der Waals surface area contributed by atoms with E-state index in [1.54, 1.807) is 19.2 Å². The maximum absolute atomic E-state index is 14.2. The van der Waals surface area contributed by atoms with Crippen molar-refractivity contribution >= 4 is 23.1 Å². The lowest BCUT2D eigenvalue weighted by Gasteiger charge is -2.14. The molecule has 1 aliphatic carbocycles. The summed E-state index contributed by atoms with van der Waals surface area (Å²) in [6.07, 6.45) is 11.0. The first-order chi connectivity index (χ1) is 13.5. The Morgan fingerprint density at radius 2 is 2.11 bits per heavy atom. The molecule has 0 aromatic carbocycles. The highest BCUT2D eigenvalue weighted by molar-refractivity contribution is 5.75. The minimum absolute atomic E-state index is 0.363. The zero-order chi connectivity index (χ0) is 20.1. The van der Waals surface area contributed by atoms with Crippen LogP contribution in [-0.2, 0) is 6.54 Å². The summed E-state index contributed by atoms with van der Waals surface area (Å²) in [4.78, 5) is 13.7. The molecule has 2 aromatic rings. The molecule has 0 saturated heterocycles. The largest absolute Gasteiger partial charge is 0.351 e. The number of rotatable bonds is 8. The topological polar surface area (TPSA) is 67.7 Å². The summed E-state index contributed by atoms with van der Waals surface area (Å²) in [7, 11) is 0. The number of imidazole rings is 1. The lowest BCUT2D eigenvalue weighted by atomic mass is 10.2. The Labute approximate surface area is 165 Å². The molecule has 6 nitrogen and oxygen atoms in total. The maximum atomic E-state index is 14.2. The molecule has 0 radical (unpaired) electrons. The molecular formula is C21H29FN6. The van der Waals surface area contributed by atoms with Crippen molar-refractivity contribution in [1.82, 2.24) is 19.5 Å². The molecule has 0 bridgehead atoms. The SMILES string of the molecule is C=C/C=C\C(F)=C(/C)Nc1nc2cnc(NC3CCCC3)nc2n1CC(C)C. The Kier molecular flexibility index (Phi) is 6.44. The van der Waals surface area contributed by atoms with Crippen molar-refractivity contribution in [2.45, 2.75) is 59.0 Å². The molecule has 0 aliphatic heterocycles. The zero-order valence-corrected chi connectivity index (χ0v) is 16.9. The molecule has 1 aliphatic rings. The molecule has 150 valence electrons. The summed E-state index contributed by atoms with van der Waals surface area (Å²) in [6, 6.07) is 0.437. The standard InChI is InChI=1S/C21H29FN6/c1-5-6-11-17(22)15(4)24-21-26-18-12-23-20(25-16-9-7-8-10-16)27-19(18)28(21)13-14(2)3/h5-6,11-12,14,16H,1,7-10,13H2,2-4H3,(H,24,26)(H,23,25,27)/b11-6-,17-15-. The fourth-order valence-electron chi connectivity index (χ4n) is 3.38. The molecule has 2 aromatic heterocycles. The van der Waals surface area contributed by atoms with E-state index in [0.717, 1.165) is 25.0 Å². The van der Waals surface area contributed by atoms with Crippen LogP contribution in [0.1, 0.15) is 46.5 Å². The average molecular weight is 385 g/mol.